The summed E-state index contributed by atoms with van der Waals surface area (Å²) in [5.74, 6) is -1.52. The molecule has 88 valence electrons. The number of thiophene rings is 1. The van der Waals surface area contributed by atoms with Crippen LogP contribution < -0.4 is 5.32 Å². The van der Waals surface area contributed by atoms with Gasteiger partial charge in [0.05, 0.1) is 4.88 Å². The summed E-state index contributed by atoms with van der Waals surface area (Å²) in [5.41, 5.74) is 0. The summed E-state index contributed by atoms with van der Waals surface area (Å²) >= 11 is 1.37. The van der Waals surface area contributed by atoms with E-state index < -0.39 is 12.1 Å². The van der Waals surface area contributed by atoms with Crippen molar-refractivity contribution in [3.8, 4) is 0 Å². The van der Waals surface area contributed by atoms with Gasteiger partial charge in [0, 0.05) is 17.8 Å². The van der Waals surface area contributed by atoms with E-state index in [0.717, 1.165) is 4.88 Å². The SMILES string of the molecule is Cc1ccc(C(=O)NCCC(O)C(=O)O)s1. The summed E-state index contributed by atoms with van der Waals surface area (Å²) < 4.78 is 0. The molecule has 16 heavy (non-hydrogen) atoms. The van der Waals surface area contributed by atoms with Gasteiger partial charge in [0.2, 0.25) is 0 Å². The van der Waals surface area contributed by atoms with Gasteiger partial charge in [0.25, 0.3) is 5.91 Å². The maximum atomic E-state index is 11.5. The average molecular weight is 243 g/mol. The molecule has 1 unspecified atom stereocenters. The van der Waals surface area contributed by atoms with E-state index in [9.17, 15) is 9.59 Å². The Morgan fingerprint density at radius 1 is 1.50 bits per heavy atom. The van der Waals surface area contributed by atoms with E-state index >= 15 is 0 Å². The van der Waals surface area contributed by atoms with Crippen LogP contribution in [-0.2, 0) is 4.79 Å². The van der Waals surface area contributed by atoms with E-state index in [1.165, 1.54) is 11.3 Å². The number of rotatable bonds is 5. The van der Waals surface area contributed by atoms with E-state index in [0.29, 0.717) is 4.88 Å². The second kappa shape index (κ2) is 5.62. The summed E-state index contributed by atoms with van der Waals surface area (Å²) in [6.45, 7) is 2.04. The van der Waals surface area contributed by atoms with E-state index in [-0.39, 0.29) is 18.9 Å². The van der Waals surface area contributed by atoms with Gasteiger partial charge in [-0.05, 0) is 19.1 Å². The third-order valence-corrected chi connectivity index (χ3v) is 2.95. The van der Waals surface area contributed by atoms with E-state index in [4.69, 9.17) is 10.2 Å². The summed E-state index contributed by atoms with van der Waals surface area (Å²) in [7, 11) is 0. The number of aryl methyl sites for hydroxylation is 1. The molecular weight excluding hydrogens is 230 g/mol. The number of aliphatic hydroxyl groups excluding tert-OH is 1. The largest absolute Gasteiger partial charge is 0.479 e. The highest BCUT2D eigenvalue weighted by molar-refractivity contribution is 7.13. The van der Waals surface area contributed by atoms with Gasteiger partial charge in [0.15, 0.2) is 6.10 Å². The van der Waals surface area contributed by atoms with Gasteiger partial charge in [-0.15, -0.1) is 11.3 Å². The summed E-state index contributed by atoms with van der Waals surface area (Å²) in [6.07, 6.45) is -1.42. The lowest BCUT2D eigenvalue weighted by atomic mass is 10.2. The first kappa shape index (κ1) is 12.7. The van der Waals surface area contributed by atoms with Crippen LogP contribution in [-0.4, -0.2) is 34.7 Å². The van der Waals surface area contributed by atoms with Crippen molar-refractivity contribution in [2.24, 2.45) is 0 Å². The molecular formula is C10H13NO4S. The Morgan fingerprint density at radius 2 is 2.19 bits per heavy atom. The molecule has 1 rings (SSSR count). The summed E-state index contributed by atoms with van der Waals surface area (Å²) in [4.78, 5) is 23.4. The van der Waals surface area contributed by atoms with Crippen LogP contribution >= 0.6 is 11.3 Å². The smallest absolute Gasteiger partial charge is 0.332 e. The molecule has 1 atom stereocenters. The van der Waals surface area contributed by atoms with Crippen LogP contribution in [0.4, 0.5) is 0 Å². The number of carbonyl (C=O) groups excluding carboxylic acids is 1. The second-order valence-electron chi connectivity index (χ2n) is 3.31. The molecule has 0 aliphatic carbocycles. The van der Waals surface area contributed by atoms with Gasteiger partial charge in [-0.1, -0.05) is 0 Å². The van der Waals surface area contributed by atoms with Crippen LogP contribution in [0.15, 0.2) is 12.1 Å². The highest BCUT2D eigenvalue weighted by atomic mass is 32.1. The van der Waals surface area contributed by atoms with Crippen molar-refractivity contribution in [3.63, 3.8) is 0 Å². The fourth-order valence-electron chi connectivity index (χ4n) is 1.09. The lowest BCUT2D eigenvalue weighted by Crippen LogP contribution is -2.29. The fraction of sp³-hybridized carbons (Fsp3) is 0.400. The van der Waals surface area contributed by atoms with E-state index in [2.05, 4.69) is 5.32 Å². The van der Waals surface area contributed by atoms with Gasteiger partial charge in [-0.2, -0.15) is 0 Å². The Balaban J connectivity index is 2.34. The fourth-order valence-corrected chi connectivity index (χ4v) is 1.87. The Hall–Kier alpha value is -1.40. The van der Waals surface area contributed by atoms with Crippen molar-refractivity contribution < 1.29 is 19.8 Å². The maximum Gasteiger partial charge on any atom is 0.332 e. The van der Waals surface area contributed by atoms with Crippen LogP contribution in [0.2, 0.25) is 0 Å². The third-order valence-electron chi connectivity index (χ3n) is 1.95. The number of nitrogens with one attached hydrogen (secondary N) is 1. The predicted molar refractivity (Wildman–Crippen MR) is 59.6 cm³/mol. The first-order valence-corrected chi connectivity index (χ1v) is 5.58. The number of hydrogen-bond acceptors (Lipinski definition) is 4. The molecule has 5 nitrogen and oxygen atoms in total. The Labute approximate surface area is 96.7 Å². The lowest BCUT2D eigenvalue weighted by Gasteiger charge is -2.06. The van der Waals surface area contributed by atoms with Gasteiger partial charge in [-0.25, -0.2) is 4.79 Å². The number of aliphatic hydroxyl groups is 1. The third kappa shape index (κ3) is 3.63. The number of hydrogen-bond donors (Lipinski definition) is 3. The molecule has 1 heterocycles. The Morgan fingerprint density at radius 3 is 2.69 bits per heavy atom. The lowest BCUT2D eigenvalue weighted by molar-refractivity contribution is -0.146. The van der Waals surface area contributed by atoms with Gasteiger partial charge in [0.1, 0.15) is 0 Å². The predicted octanol–water partition coefficient (Wildman–Crippen LogP) is 0.622. The minimum atomic E-state index is -1.43. The molecule has 0 fully saturated rings. The molecule has 0 aliphatic rings. The minimum absolute atomic E-state index is 0.00539. The highest BCUT2D eigenvalue weighted by Crippen LogP contribution is 2.14. The quantitative estimate of drug-likeness (QED) is 0.707. The number of carbonyl (C=O) groups is 2. The summed E-state index contributed by atoms with van der Waals surface area (Å²) in [5, 5.41) is 19.9. The molecule has 0 aliphatic heterocycles. The minimum Gasteiger partial charge on any atom is -0.479 e. The molecule has 0 saturated carbocycles. The highest BCUT2D eigenvalue weighted by Gasteiger charge is 2.13. The molecule has 6 heteroatoms. The number of aliphatic carboxylic acids is 1. The van der Waals surface area contributed by atoms with Crippen molar-refractivity contribution >= 4 is 23.2 Å². The van der Waals surface area contributed by atoms with Gasteiger partial charge in [-0.3, -0.25) is 4.79 Å². The van der Waals surface area contributed by atoms with Crippen LogP contribution in [0.5, 0.6) is 0 Å². The van der Waals surface area contributed by atoms with Crippen LogP contribution in [0.25, 0.3) is 0 Å². The first-order chi connectivity index (χ1) is 7.50. The standard InChI is InChI=1S/C10H13NO4S/c1-6-2-3-8(16-6)9(13)11-5-4-7(12)10(14)15/h2-3,7,12H,4-5H2,1H3,(H,11,13)(H,14,15). The zero-order valence-corrected chi connectivity index (χ0v) is 9.58. The molecule has 0 spiro atoms. The number of carboxylic acid groups (broad SMARTS) is 1. The molecule has 3 N–H and O–H groups in total. The molecule has 0 aromatic carbocycles. The maximum absolute atomic E-state index is 11.5. The number of carboxylic acids is 1. The average Bonchev–Trinajstić information content (AvgIpc) is 2.64. The topological polar surface area (TPSA) is 86.6 Å². The van der Waals surface area contributed by atoms with Gasteiger partial charge >= 0.3 is 5.97 Å². The van der Waals surface area contributed by atoms with Crippen molar-refractivity contribution in [1.82, 2.24) is 5.32 Å². The number of amides is 1. The zero-order valence-electron chi connectivity index (χ0n) is 8.77. The molecule has 1 amide bonds. The first-order valence-electron chi connectivity index (χ1n) is 4.76. The Bertz CT molecular complexity index is 388. The monoisotopic (exact) mass is 243 g/mol. The summed E-state index contributed by atoms with van der Waals surface area (Å²) in [6, 6.07) is 3.55. The molecule has 0 radical (unpaired) electrons. The molecule has 0 saturated heterocycles. The second-order valence-corrected chi connectivity index (χ2v) is 4.60. The van der Waals surface area contributed by atoms with Crippen LogP contribution in [0, 0.1) is 6.92 Å². The van der Waals surface area contributed by atoms with Crippen molar-refractivity contribution in [3.05, 3.63) is 21.9 Å². The van der Waals surface area contributed by atoms with Crippen LogP contribution in [0.1, 0.15) is 21.0 Å². The molecule has 0 bridgehead atoms. The van der Waals surface area contributed by atoms with Gasteiger partial charge < -0.3 is 15.5 Å². The van der Waals surface area contributed by atoms with E-state index in [1.54, 1.807) is 6.07 Å². The van der Waals surface area contributed by atoms with E-state index in [1.807, 2.05) is 13.0 Å². The van der Waals surface area contributed by atoms with Crippen molar-refractivity contribution in [2.75, 3.05) is 6.54 Å². The molecule has 1 aromatic heterocycles. The normalized spacial score (nSPS) is 12.1. The Kier molecular flexibility index (Phi) is 4.45. The van der Waals surface area contributed by atoms with Crippen molar-refractivity contribution in [1.29, 1.82) is 0 Å². The zero-order chi connectivity index (χ0) is 12.1. The van der Waals surface area contributed by atoms with Crippen molar-refractivity contribution in [2.45, 2.75) is 19.4 Å². The van der Waals surface area contributed by atoms with Crippen LogP contribution in [0.3, 0.4) is 0 Å². The molecule has 1 aromatic rings.